The lowest BCUT2D eigenvalue weighted by molar-refractivity contribution is -0.142. The summed E-state index contributed by atoms with van der Waals surface area (Å²) in [4.78, 5) is 28.9. The average molecular weight is 517 g/mol. The molecule has 0 saturated carbocycles. The first kappa shape index (κ1) is 28.8. The van der Waals surface area contributed by atoms with Gasteiger partial charge in [-0.25, -0.2) is 0 Å². The minimum absolute atomic E-state index is 0.173. The Bertz CT molecular complexity index is 1160. The molecule has 3 aromatic carbocycles. The second-order valence-corrected chi connectivity index (χ2v) is 10.2. The smallest absolute Gasteiger partial charge is 0.261 e. The maximum absolute atomic E-state index is 13.7. The first-order chi connectivity index (χ1) is 18.3. The summed E-state index contributed by atoms with van der Waals surface area (Å²) in [6.45, 7) is 8.96. The van der Waals surface area contributed by atoms with Crippen LogP contribution in [0.5, 0.6) is 11.5 Å². The lowest BCUT2D eigenvalue weighted by Gasteiger charge is -2.31. The second kappa shape index (κ2) is 14.2. The Morgan fingerprint density at radius 1 is 0.842 bits per heavy atom. The number of nitrogens with zero attached hydrogens (tertiary/aromatic N) is 1. The van der Waals surface area contributed by atoms with Gasteiger partial charge in [-0.15, -0.1) is 0 Å². The molecule has 3 aromatic rings. The molecule has 0 unspecified atom stereocenters. The van der Waals surface area contributed by atoms with Gasteiger partial charge in [0, 0.05) is 19.5 Å². The van der Waals surface area contributed by atoms with E-state index in [1.54, 1.807) is 12.0 Å². The molecule has 0 bridgehead atoms. The third kappa shape index (κ3) is 8.65. The van der Waals surface area contributed by atoms with Crippen molar-refractivity contribution >= 4 is 11.8 Å². The molecule has 0 radical (unpaired) electrons. The predicted molar refractivity (Wildman–Crippen MR) is 151 cm³/mol. The highest BCUT2D eigenvalue weighted by atomic mass is 16.5. The fraction of sp³-hybridized carbons (Fsp3) is 0.375. The molecule has 0 spiro atoms. The van der Waals surface area contributed by atoms with Crippen molar-refractivity contribution in [3.05, 3.63) is 95.6 Å². The quantitative estimate of drug-likeness (QED) is 0.321. The van der Waals surface area contributed by atoms with Gasteiger partial charge in [0.25, 0.3) is 5.91 Å². The van der Waals surface area contributed by atoms with Crippen LogP contribution in [0.25, 0.3) is 0 Å². The maximum Gasteiger partial charge on any atom is 0.261 e. The van der Waals surface area contributed by atoms with Crippen LogP contribution in [0.1, 0.15) is 50.3 Å². The van der Waals surface area contributed by atoms with E-state index in [-0.39, 0.29) is 30.9 Å². The fourth-order valence-electron chi connectivity index (χ4n) is 4.12. The van der Waals surface area contributed by atoms with Gasteiger partial charge in [0.05, 0.1) is 7.11 Å². The zero-order valence-corrected chi connectivity index (χ0v) is 23.1. The number of amides is 2. The van der Waals surface area contributed by atoms with E-state index < -0.39 is 6.04 Å². The number of methoxy groups -OCH3 is 1. The van der Waals surface area contributed by atoms with Crippen LogP contribution in [0.15, 0.2) is 78.9 Å². The Balaban J connectivity index is 1.89. The van der Waals surface area contributed by atoms with Crippen molar-refractivity contribution in [2.45, 2.75) is 52.6 Å². The second-order valence-electron chi connectivity index (χ2n) is 10.2. The topological polar surface area (TPSA) is 67.9 Å². The maximum atomic E-state index is 13.7. The van der Waals surface area contributed by atoms with Crippen molar-refractivity contribution in [2.75, 3.05) is 20.3 Å². The van der Waals surface area contributed by atoms with Crippen molar-refractivity contribution < 1.29 is 19.1 Å². The number of benzene rings is 3. The van der Waals surface area contributed by atoms with Gasteiger partial charge in [-0.05, 0) is 52.8 Å². The zero-order chi connectivity index (χ0) is 27.5. The largest absolute Gasteiger partial charge is 0.497 e. The first-order valence-electron chi connectivity index (χ1n) is 13.2. The van der Waals surface area contributed by atoms with E-state index >= 15 is 0 Å². The number of ether oxygens (including phenoxy) is 2. The van der Waals surface area contributed by atoms with Crippen LogP contribution >= 0.6 is 0 Å². The number of hydrogen-bond donors (Lipinski definition) is 1. The molecular formula is C32H40N2O4. The summed E-state index contributed by atoms with van der Waals surface area (Å²) in [7, 11) is 1.61. The van der Waals surface area contributed by atoms with Gasteiger partial charge in [-0.2, -0.15) is 0 Å². The average Bonchev–Trinajstić information content (AvgIpc) is 2.93. The molecule has 0 heterocycles. The molecule has 202 valence electrons. The van der Waals surface area contributed by atoms with Crippen LogP contribution in [0.4, 0.5) is 0 Å². The highest BCUT2D eigenvalue weighted by Crippen LogP contribution is 2.21. The Labute approximate surface area is 227 Å². The minimum Gasteiger partial charge on any atom is -0.497 e. The van der Waals surface area contributed by atoms with E-state index in [4.69, 9.17) is 9.47 Å². The molecule has 0 fully saturated rings. The third-order valence-electron chi connectivity index (χ3n) is 6.35. The molecule has 1 N–H and O–H groups in total. The van der Waals surface area contributed by atoms with Gasteiger partial charge < -0.3 is 19.7 Å². The van der Waals surface area contributed by atoms with Crippen LogP contribution in [-0.2, 0) is 22.6 Å². The summed E-state index contributed by atoms with van der Waals surface area (Å²) < 4.78 is 11.3. The van der Waals surface area contributed by atoms with Crippen molar-refractivity contribution in [2.24, 2.45) is 5.92 Å². The molecule has 0 aliphatic rings. The van der Waals surface area contributed by atoms with E-state index in [0.29, 0.717) is 30.4 Å². The van der Waals surface area contributed by atoms with Gasteiger partial charge >= 0.3 is 0 Å². The van der Waals surface area contributed by atoms with Gasteiger partial charge in [-0.3, -0.25) is 9.59 Å². The molecule has 6 heteroatoms. The number of rotatable bonds is 13. The first-order valence-corrected chi connectivity index (χ1v) is 13.2. The highest BCUT2D eigenvalue weighted by molar-refractivity contribution is 5.88. The van der Waals surface area contributed by atoms with Gasteiger partial charge in [-0.1, -0.05) is 82.3 Å². The molecule has 0 aliphatic carbocycles. The molecule has 1 atom stereocenters. The van der Waals surface area contributed by atoms with Crippen molar-refractivity contribution in [3.8, 4) is 11.5 Å². The number of nitrogens with one attached hydrogen (secondary N) is 1. The SMILES string of the molecule is COc1cccc(CN(C(=O)COc2ccc(C(C)C)cc2)[C@H](Cc2ccccc2)C(=O)NCC(C)C)c1. The molecular weight excluding hydrogens is 476 g/mol. The van der Waals surface area contributed by atoms with E-state index in [9.17, 15) is 9.59 Å². The minimum atomic E-state index is -0.707. The summed E-state index contributed by atoms with van der Waals surface area (Å²) in [5, 5.41) is 3.04. The van der Waals surface area contributed by atoms with E-state index in [1.807, 2.05) is 92.7 Å². The van der Waals surface area contributed by atoms with Crippen molar-refractivity contribution in [1.82, 2.24) is 10.2 Å². The number of carbonyl (C=O) groups excluding carboxylic acids is 2. The Kier molecular flexibility index (Phi) is 10.8. The Hall–Kier alpha value is -3.80. The zero-order valence-electron chi connectivity index (χ0n) is 23.1. The molecule has 2 amide bonds. The van der Waals surface area contributed by atoms with Crippen LogP contribution in [0.3, 0.4) is 0 Å². The normalized spacial score (nSPS) is 11.8. The summed E-state index contributed by atoms with van der Waals surface area (Å²) >= 11 is 0. The Morgan fingerprint density at radius 2 is 1.53 bits per heavy atom. The standard InChI is InChI=1S/C32H40N2O4/c1-23(2)20-33-32(36)30(19-25-10-7-6-8-11-25)34(21-26-12-9-13-29(18-26)37-5)31(35)22-38-28-16-14-27(15-17-28)24(3)4/h6-18,23-24,30H,19-22H2,1-5H3,(H,33,36)/t30-/m1/s1. The molecule has 38 heavy (non-hydrogen) atoms. The number of hydrogen-bond acceptors (Lipinski definition) is 4. The monoisotopic (exact) mass is 516 g/mol. The molecule has 0 saturated heterocycles. The molecule has 0 aromatic heterocycles. The molecule has 6 nitrogen and oxygen atoms in total. The molecule has 3 rings (SSSR count). The fourth-order valence-corrected chi connectivity index (χ4v) is 4.12. The Morgan fingerprint density at radius 3 is 2.16 bits per heavy atom. The summed E-state index contributed by atoms with van der Waals surface area (Å²) in [5.41, 5.74) is 3.05. The summed E-state index contributed by atoms with van der Waals surface area (Å²) in [6, 6.07) is 24.4. The van der Waals surface area contributed by atoms with Crippen LogP contribution in [-0.4, -0.2) is 43.0 Å². The van der Waals surface area contributed by atoms with Gasteiger partial charge in [0.2, 0.25) is 5.91 Å². The lowest BCUT2D eigenvalue weighted by Crippen LogP contribution is -2.52. The third-order valence-corrected chi connectivity index (χ3v) is 6.35. The van der Waals surface area contributed by atoms with Gasteiger partial charge in [0.15, 0.2) is 6.61 Å². The highest BCUT2D eigenvalue weighted by Gasteiger charge is 2.30. The summed E-state index contributed by atoms with van der Waals surface area (Å²) in [5.74, 6) is 1.57. The predicted octanol–water partition coefficient (Wildman–Crippen LogP) is 5.61. The van der Waals surface area contributed by atoms with Gasteiger partial charge in [0.1, 0.15) is 17.5 Å². The van der Waals surface area contributed by atoms with Crippen LogP contribution < -0.4 is 14.8 Å². The molecule has 0 aliphatic heterocycles. The van der Waals surface area contributed by atoms with Crippen molar-refractivity contribution in [1.29, 1.82) is 0 Å². The van der Waals surface area contributed by atoms with E-state index in [0.717, 1.165) is 11.1 Å². The van der Waals surface area contributed by atoms with Crippen LogP contribution in [0, 0.1) is 5.92 Å². The summed E-state index contributed by atoms with van der Waals surface area (Å²) in [6.07, 6.45) is 0.392. The van der Waals surface area contributed by atoms with E-state index in [1.165, 1.54) is 5.56 Å². The lowest BCUT2D eigenvalue weighted by atomic mass is 10.0. The van der Waals surface area contributed by atoms with E-state index in [2.05, 4.69) is 19.2 Å². The van der Waals surface area contributed by atoms with Crippen molar-refractivity contribution in [3.63, 3.8) is 0 Å². The van der Waals surface area contributed by atoms with Crippen LogP contribution in [0.2, 0.25) is 0 Å². The number of carbonyl (C=O) groups is 2.